The van der Waals surface area contributed by atoms with E-state index in [2.05, 4.69) is 15.9 Å². The standard InChI is InChI=1S/C13H13BF3N3/c15-13(16,17)10-5-9-1-2-11-6-14(8-18)3-4-20(11)12(9)19-7-10/h5,7,11H,1-4,6H2. The Morgan fingerprint density at radius 1 is 1.45 bits per heavy atom. The van der Waals surface area contributed by atoms with Gasteiger partial charge in [0.15, 0.2) is 0 Å². The molecule has 0 aliphatic carbocycles. The molecule has 0 amide bonds. The molecule has 1 aromatic rings. The Morgan fingerprint density at radius 2 is 2.25 bits per heavy atom. The van der Waals surface area contributed by atoms with Crippen molar-refractivity contribution in [3.63, 3.8) is 0 Å². The highest BCUT2D eigenvalue weighted by Crippen LogP contribution is 2.37. The van der Waals surface area contributed by atoms with Gasteiger partial charge in [0.25, 0.3) is 6.71 Å². The summed E-state index contributed by atoms with van der Waals surface area (Å²) in [6.45, 7) is 0.765. The minimum absolute atomic E-state index is 0.0623. The third-order valence-electron chi connectivity index (χ3n) is 4.19. The van der Waals surface area contributed by atoms with Crippen molar-refractivity contribution >= 4 is 12.5 Å². The third-order valence-corrected chi connectivity index (χ3v) is 4.19. The maximum absolute atomic E-state index is 12.7. The zero-order chi connectivity index (χ0) is 14.3. The van der Waals surface area contributed by atoms with Gasteiger partial charge in [-0.05, 0) is 37.1 Å². The van der Waals surface area contributed by atoms with E-state index in [1.54, 1.807) is 0 Å². The summed E-state index contributed by atoms with van der Waals surface area (Å²) in [7, 11) is 0. The molecule has 1 atom stereocenters. The molecule has 1 aromatic heterocycles. The third kappa shape index (κ3) is 2.24. The van der Waals surface area contributed by atoms with E-state index in [9.17, 15) is 13.2 Å². The number of aromatic nitrogens is 1. The highest BCUT2D eigenvalue weighted by Gasteiger charge is 2.37. The number of alkyl halides is 3. The second-order valence-corrected chi connectivity index (χ2v) is 5.44. The lowest BCUT2D eigenvalue weighted by molar-refractivity contribution is -0.137. The first-order chi connectivity index (χ1) is 9.49. The van der Waals surface area contributed by atoms with Crippen LogP contribution in [0.4, 0.5) is 19.0 Å². The molecule has 2 aliphatic rings. The first-order valence-corrected chi connectivity index (χ1v) is 6.71. The summed E-state index contributed by atoms with van der Waals surface area (Å²) >= 11 is 0. The normalized spacial score (nSPS) is 22.0. The summed E-state index contributed by atoms with van der Waals surface area (Å²) in [5, 5.41) is 8.99. The molecule has 0 aromatic carbocycles. The number of nitriles is 1. The average Bonchev–Trinajstić information content (AvgIpc) is 2.44. The second kappa shape index (κ2) is 4.69. The topological polar surface area (TPSA) is 39.9 Å². The zero-order valence-corrected chi connectivity index (χ0v) is 10.8. The molecule has 20 heavy (non-hydrogen) atoms. The Hall–Kier alpha value is -1.71. The van der Waals surface area contributed by atoms with Crippen molar-refractivity contribution in [2.24, 2.45) is 0 Å². The molecule has 0 spiro atoms. The van der Waals surface area contributed by atoms with E-state index in [4.69, 9.17) is 5.26 Å². The fourth-order valence-electron chi connectivity index (χ4n) is 3.14. The van der Waals surface area contributed by atoms with Gasteiger partial charge in [-0.2, -0.15) is 13.2 Å². The van der Waals surface area contributed by atoms with Crippen molar-refractivity contribution in [2.75, 3.05) is 11.4 Å². The number of aryl methyl sites for hydroxylation is 1. The first kappa shape index (κ1) is 13.3. The molecule has 0 N–H and O–H groups in total. The van der Waals surface area contributed by atoms with Crippen molar-refractivity contribution in [3.8, 4) is 5.97 Å². The van der Waals surface area contributed by atoms with Crippen LogP contribution in [0.2, 0.25) is 12.6 Å². The van der Waals surface area contributed by atoms with Crippen LogP contribution in [0.25, 0.3) is 0 Å². The van der Waals surface area contributed by atoms with Gasteiger partial charge in [0.1, 0.15) is 5.82 Å². The van der Waals surface area contributed by atoms with E-state index in [0.717, 1.165) is 25.3 Å². The van der Waals surface area contributed by atoms with Crippen molar-refractivity contribution < 1.29 is 13.2 Å². The van der Waals surface area contributed by atoms with Crippen LogP contribution in [-0.4, -0.2) is 24.3 Å². The largest absolute Gasteiger partial charge is 0.417 e. The maximum atomic E-state index is 12.7. The van der Waals surface area contributed by atoms with E-state index in [1.807, 2.05) is 0 Å². The van der Waals surface area contributed by atoms with Gasteiger partial charge in [-0.1, -0.05) is 0 Å². The monoisotopic (exact) mass is 279 g/mol. The van der Waals surface area contributed by atoms with Crippen LogP contribution in [0.3, 0.4) is 0 Å². The van der Waals surface area contributed by atoms with Gasteiger partial charge in [0.2, 0.25) is 0 Å². The van der Waals surface area contributed by atoms with Crippen LogP contribution in [0.1, 0.15) is 17.5 Å². The number of rotatable bonds is 0. The van der Waals surface area contributed by atoms with Crippen LogP contribution in [0, 0.1) is 11.2 Å². The van der Waals surface area contributed by atoms with Gasteiger partial charge in [-0.25, -0.2) is 10.2 Å². The van der Waals surface area contributed by atoms with Crippen LogP contribution < -0.4 is 4.90 Å². The Kier molecular flexibility index (Phi) is 3.11. The van der Waals surface area contributed by atoms with Crippen LogP contribution in [0.15, 0.2) is 12.3 Å². The molecule has 1 saturated heterocycles. The van der Waals surface area contributed by atoms with Crippen molar-refractivity contribution in [3.05, 3.63) is 23.4 Å². The SMILES string of the molecule is N#CB1CCN2c3ncc(C(F)(F)F)cc3CCC2C1. The van der Waals surface area contributed by atoms with Gasteiger partial charge < -0.3 is 4.90 Å². The molecule has 3 nitrogen and oxygen atoms in total. The van der Waals surface area contributed by atoms with Crippen LogP contribution >= 0.6 is 0 Å². The number of anilines is 1. The summed E-state index contributed by atoms with van der Waals surface area (Å²) in [5.74, 6) is 2.97. The lowest BCUT2D eigenvalue weighted by Gasteiger charge is -2.42. The van der Waals surface area contributed by atoms with Gasteiger partial charge in [0, 0.05) is 24.8 Å². The first-order valence-electron chi connectivity index (χ1n) is 6.71. The Bertz CT molecular complexity index is 567. The summed E-state index contributed by atoms with van der Waals surface area (Å²) in [6, 6.07) is 1.46. The van der Waals surface area contributed by atoms with E-state index in [0.29, 0.717) is 24.3 Å². The summed E-state index contributed by atoms with van der Waals surface area (Å²) in [4.78, 5) is 6.12. The fourth-order valence-corrected chi connectivity index (χ4v) is 3.14. The quantitative estimate of drug-likeness (QED) is 0.685. The summed E-state index contributed by atoms with van der Waals surface area (Å²) in [5.41, 5.74) is -0.00639. The van der Waals surface area contributed by atoms with Gasteiger partial charge in [-0.3, -0.25) is 0 Å². The van der Waals surface area contributed by atoms with Crippen LogP contribution in [-0.2, 0) is 12.6 Å². The smallest absolute Gasteiger partial charge is 0.355 e. The lowest BCUT2D eigenvalue weighted by atomic mass is 9.43. The molecule has 3 rings (SSSR count). The molecule has 1 unspecified atom stereocenters. The molecule has 1 fully saturated rings. The van der Waals surface area contributed by atoms with E-state index >= 15 is 0 Å². The number of pyridine rings is 1. The molecule has 2 aliphatic heterocycles. The minimum atomic E-state index is -4.34. The van der Waals surface area contributed by atoms with E-state index in [-0.39, 0.29) is 12.8 Å². The number of halogens is 3. The van der Waals surface area contributed by atoms with Crippen LogP contribution in [0.5, 0.6) is 0 Å². The maximum Gasteiger partial charge on any atom is 0.417 e. The predicted octanol–water partition coefficient (Wildman–Crippen LogP) is 2.79. The molecule has 104 valence electrons. The Balaban J connectivity index is 1.90. The Morgan fingerprint density at radius 3 is 2.95 bits per heavy atom. The molecular formula is C13H13BF3N3. The number of hydrogen-bond donors (Lipinski definition) is 0. The van der Waals surface area contributed by atoms with E-state index < -0.39 is 11.7 Å². The predicted molar refractivity (Wildman–Crippen MR) is 69.7 cm³/mol. The second-order valence-electron chi connectivity index (χ2n) is 5.44. The molecule has 0 saturated carbocycles. The molecule has 0 radical (unpaired) electrons. The van der Waals surface area contributed by atoms with Gasteiger partial charge in [-0.15, -0.1) is 0 Å². The Labute approximate surface area is 115 Å². The number of fused-ring (bicyclic) bond motifs is 3. The lowest BCUT2D eigenvalue weighted by Crippen LogP contribution is -2.47. The molecule has 0 bridgehead atoms. The van der Waals surface area contributed by atoms with Crippen molar-refractivity contribution in [1.29, 1.82) is 5.26 Å². The number of hydrogen-bond acceptors (Lipinski definition) is 3. The van der Waals surface area contributed by atoms with Crippen molar-refractivity contribution in [1.82, 2.24) is 4.98 Å². The van der Waals surface area contributed by atoms with E-state index in [1.165, 1.54) is 6.07 Å². The van der Waals surface area contributed by atoms with Gasteiger partial charge in [0.05, 0.1) is 5.56 Å². The minimum Gasteiger partial charge on any atom is -0.355 e. The zero-order valence-electron chi connectivity index (χ0n) is 10.8. The summed E-state index contributed by atoms with van der Waals surface area (Å²) < 4.78 is 38.1. The molecule has 3 heterocycles. The fraction of sp³-hybridized carbons (Fsp3) is 0.538. The molecular weight excluding hydrogens is 266 g/mol. The molecule has 7 heteroatoms. The van der Waals surface area contributed by atoms with Crippen molar-refractivity contribution in [2.45, 2.75) is 37.7 Å². The average molecular weight is 279 g/mol. The highest BCUT2D eigenvalue weighted by molar-refractivity contribution is 6.67. The number of nitrogens with zero attached hydrogens (tertiary/aromatic N) is 3. The van der Waals surface area contributed by atoms with Gasteiger partial charge >= 0.3 is 6.18 Å². The summed E-state index contributed by atoms with van der Waals surface area (Å²) in [6.07, 6.45) is -0.474. The highest BCUT2D eigenvalue weighted by atomic mass is 19.4.